The van der Waals surface area contributed by atoms with Gasteiger partial charge in [-0.1, -0.05) is 29.8 Å². The van der Waals surface area contributed by atoms with Crippen LogP contribution in [0.25, 0.3) is 11.0 Å². The Kier molecular flexibility index (Phi) is 2.94. The number of carbonyl (C=O) groups is 1. The minimum Gasteiger partial charge on any atom is -0.453 e. The summed E-state index contributed by atoms with van der Waals surface area (Å²) in [4.78, 5) is 12.6. The Hall–Kier alpha value is -2.35. The fourth-order valence-corrected chi connectivity index (χ4v) is 2.40. The van der Waals surface area contributed by atoms with Crippen molar-refractivity contribution in [1.29, 1.82) is 0 Å². The number of aryl methyl sites for hydroxylation is 2. The van der Waals surface area contributed by atoms with Gasteiger partial charge in [0.1, 0.15) is 5.58 Å². The van der Waals surface area contributed by atoms with Gasteiger partial charge in [-0.2, -0.15) is 0 Å². The van der Waals surface area contributed by atoms with Crippen LogP contribution in [0.3, 0.4) is 0 Å². The molecule has 2 nitrogen and oxygen atoms in total. The smallest absolute Gasteiger partial charge is 0.228 e. The van der Waals surface area contributed by atoms with Gasteiger partial charge in [-0.05, 0) is 50.1 Å². The predicted octanol–water partition coefficient (Wildman–Crippen LogP) is 4.59. The first-order valence-corrected chi connectivity index (χ1v) is 6.67. The Bertz CT molecular complexity index is 809. The summed E-state index contributed by atoms with van der Waals surface area (Å²) in [6.07, 6.45) is 0. The van der Waals surface area contributed by atoms with Gasteiger partial charge in [-0.3, -0.25) is 4.79 Å². The third-order valence-electron chi connectivity index (χ3n) is 3.74. The molecule has 0 spiro atoms. The Balaban J connectivity index is 2.10. The van der Waals surface area contributed by atoms with Gasteiger partial charge >= 0.3 is 0 Å². The lowest BCUT2D eigenvalue weighted by Gasteiger charge is -2.05. The molecular formula is C18H16O2. The zero-order valence-electron chi connectivity index (χ0n) is 11.9. The molecule has 0 aliphatic rings. The number of furan rings is 1. The molecule has 0 atom stereocenters. The third kappa shape index (κ3) is 2.03. The van der Waals surface area contributed by atoms with Crippen LogP contribution in [0.4, 0.5) is 0 Å². The van der Waals surface area contributed by atoms with Gasteiger partial charge in [0, 0.05) is 10.9 Å². The zero-order valence-corrected chi connectivity index (χ0v) is 11.9. The Labute approximate surface area is 118 Å². The first-order chi connectivity index (χ1) is 9.56. The van der Waals surface area contributed by atoms with Crippen molar-refractivity contribution in [2.45, 2.75) is 20.8 Å². The lowest BCUT2D eigenvalue weighted by Crippen LogP contribution is -2.03. The van der Waals surface area contributed by atoms with Crippen molar-refractivity contribution in [3.63, 3.8) is 0 Å². The minimum atomic E-state index is -0.0555. The molecule has 0 N–H and O–H groups in total. The zero-order chi connectivity index (χ0) is 14.3. The first-order valence-electron chi connectivity index (χ1n) is 6.67. The van der Waals surface area contributed by atoms with Crippen LogP contribution in [0.1, 0.15) is 32.8 Å². The molecule has 0 unspecified atom stereocenters. The number of hydrogen-bond acceptors (Lipinski definition) is 2. The van der Waals surface area contributed by atoms with Gasteiger partial charge in [-0.15, -0.1) is 0 Å². The van der Waals surface area contributed by atoms with E-state index in [4.69, 9.17) is 4.42 Å². The van der Waals surface area contributed by atoms with Gasteiger partial charge in [0.15, 0.2) is 5.76 Å². The third-order valence-corrected chi connectivity index (χ3v) is 3.74. The van der Waals surface area contributed by atoms with Crippen LogP contribution >= 0.6 is 0 Å². The van der Waals surface area contributed by atoms with Gasteiger partial charge in [0.05, 0.1) is 0 Å². The second kappa shape index (κ2) is 4.64. The molecule has 0 amide bonds. The van der Waals surface area contributed by atoms with Crippen molar-refractivity contribution < 1.29 is 9.21 Å². The van der Waals surface area contributed by atoms with Gasteiger partial charge < -0.3 is 4.42 Å². The van der Waals surface area contributed by atoms with E-state index in [0.29, 0.717) is 11.3 Å². The fourth-order valence-electron chi connectivity index (χ4n) is 2.40. The van der Waals surface area contributed by atoms with E-state index in [1.165, 1.54) is 0 Å². The van der Waals surface area contributed by atoms with Crippen LogP contribution in [0.2, 0.25) is 0 Å². The fraction of sp³-hybridized carbons (Fsp3) is 0.167. The molecule has 1 heterocycles. The average Bonchev–Trinajstić information content (AvgIpc) is 2.84. The summed E-state index contributed by atoms with van der Waals surface area (Å²) in [7, 11) is 0. The molecule has 3 rings (SSSR count). The van der Waals surface area contributed by atoms with E-state index in [9.17, 15) is 4.79 Å². The van der Waals surface area contributed by atoms with Crippen molar-refractivity contribution in [2.75, 3.05) is 0 Å². The molecule has 0 saturated carbocycles. The van der Waals surface area contributed by atoms with E-state index >= 15 is 0 Å². The highest BCUT2D eigenvalue weighted by molar-refractivity contribution is 6.10. The van der Waals surface area contributed by atoms with Crippen LogP contribution < -0.4 is 0 Å². The van der Waals surface area contributed by atoms with Crippen molar-refractivity contribution in [3.05, 3.63) is 70.5 Å². The molecule has 0 bridgehead atoms. The van der Waals surface area contributed by atoms with E-state index in [1.807, 2.05) is 63.2 Å². The van der Waals surface area contributed by atoms with Crippen LogP contribution in [0, 0.1) is 20.8 Å². The highest BCUT2D eigenvalue weighted by Crippen LogP contribution is 2.24. The number of rotatable bonds is 2. The normalized spacial score (nSPS) is 10.9. The van der Waals surface area contributed by atoms with Crippen molar-refractivity contribution in [1.82, 2.24) is 0 Å². The van der Waals surface area contributed by atoms with Crippen molar-refractivity contribution >= 4 is 16.8 Å². The Morgan fingerprint density at radius 2 is 1.80 bits per heavy atom. The first kappa shape index (κ1) is 12.7. The molecule has 2 aromatic carbocycles. The molecule has 0 saturated heterocycles. The van der Waals surface area contributed by atoms with Crippen LogP contribution in [0.5, 0.6) is 0 Å². The standard InChI is InChI=1S/C18H16O2/c1-11-7-8-16-14(9-11)10-17(20-16)18(19)15-6-4-5-12(2)13(15)3/h4-10H,1-3H3. The second-order valence-corrected chi connectivity index (χ2v) is 5.23. The average molecular weight is 264 g/mol. The molecule has 3 aromatic rings. The van der Waals surface area contributed by atoms with Gasteiger partial charge in [-0.25, -0.2) is 0 Å². The molecule has 2 heteroatoms. The number of ketones is 1. The van der Waals surface area contributed by atoms with E-state index in [2.05, 4.69) is 0 Å². The number of fused-ring (bicyclic) bond motifs is 1. The van der Waals surface area contributed by atoms with E-state index < -0.39 is 0 Å². The summed E-state index contributed by atoms with van der Waals surface area (Å²) >= 11 is 0. The quantitative estimate of drug-likeness (QED) is 0.634. The topological polar surface area (TPSA) is 30.2 Å². The monoisotopic (exact) mass is 264 g/mol. The summed E-state index contributed by atoms with van der Waals surface area (Å²) in [6.45, 7) is 6.00. The van der Waals surface area contributed by atoms with Gasteiger partial charge in [0.25, 0.3) is 0 Å². The van der Waals surface area contributed by atoms with E-state index in [-0.39, 0.29) is 5.78 Å². The Morgan fingerprint density at radius 1 is 1.00 bits per heavy atom. The molecule has 1 aromatic heterocycles. The summed E-state index contributed by atoms with van der Waals surface area (Å²) in [5.41, 5.74) is 4.74. The maximum atomic E-state index is 12.6. The minimum absolute atomic E-state index is 0.0555. The SMILES string of the molecule is Cc1ccc2oc(C(=O)c3cccc(C)c3C)cc2c1. The molecule has 20 heavy (non-hydrogen) atoms. The van der Waals surface area contributed by atoms with Gasteiger partial charge in [0.2, 0.25) is 5.78 Å². The van der Waals surface area contributed by atoms with E-state index in [0.717, 1.165) is 27.7 Å². The molecular weight excluding hydrogens is 248 g/mol. The summed E-state index contributed by atoms with van der Waals surface area (Å²) < 4.78 is 5.68. The van der Waals surface area contributed by atoms with Crippen molar-refractivity contribution in [2.24, 2.45) is 0 Å². The largest absolute Gasteiger partial charge is 0.453 e. The van der Waals surface area contributed by atoms with Crippen LogP contribution in [0.15, 0.2) is 46.9 Å². The summed E-state index contributed by atoms with van der Waals surface area (Å²) in [5.74, 6) is 0.347. The lowest BCUT2D eigenvalue weighted by molar-refractivity contribution is 0.101. The number of benzene rings is 2. The van der Waals surface area contributed by atoms with E-state index in [1.54, 1.807) is 0 Å². The maximum Gasteiger partial charge on any atom is 0.228 e. The molecule has 0 radical (unpaired) electrons. The maximum absolute atomic E-state index is 12.6. The summed E-state index contributed by atoms with van der Waals surface area (Å²) in [6, 6.07) is 13.5. The molecule has 0 aliphatic heterocycles. The molecule has 0 aliphatic carbocycles. The van der Waals surface area contributed by atoms with Crippen molar-refractivity contribution in [3.8, 4) is 0 Å². The lowest BCUT2D eigenvalue weighted by atomic mass is 9.99. The predicted molar refractivity (Wildman–Crippen MR) is 80.3 cm³/mol. The second-order valence-electron chi connectivity index (χ2n) is 5.23. The molecule has 100 valence electrons. The molecule has 0 fully saturated rings. The highest BCUT2D eigenvalue weighted by Gasteiger charge is 2.17. The Morgan fingerprint density at radius 3 is 2.60 bits per heavy atom. The van der Waals surface area contributed by atoms with Crippen LogP contribution in [-0.4, -0.2) is 5.78 Å². The number of carbonyl (C=O) groups excluding carboxylic acids is 1. The highest BCUT2D eigenvalue weighted by atomic mass is 16.3. The van der Waals surface area contributed by atoms with Crippen LogP contribution in [-0.2, 0) is 0 Å². The summed E-state index contributed by atoms with van der Waals surface area (Å²) in [5, 5.41) is 0.971. The number of hydrogen-bond donors (Lipinski definition) is 0.